The molecule has 0 bridgehead atoms. The fourth-order valence-electron chi connectivity index (χ4n) is 1.64. The van der Waals surface area contributed by atoms with Crippen molar-refractivity contribution in [1.29, 1.82) is 0 Å². The van der Waals surface area contributed by atoms with Gasteiger partial charge in [0.25, 0.3) is 5.91 Å². The van der Waals surface area contributed by atoms with Crippen molar-refractivity contribution in [3.63, 3.8) is 0 Å². The van der Waals surface area contributed by atoms with Gasteiger partial charge in [-0.2, -0.15) is 10.1 Å². The van der Waals surface area contributed by atoms with Gasteiger partial charge in [0.05, 0.1) is 23.1 Å². The van der Waals surface area contributed by atoms with Gasteiger partial charge in [-0.1, -0.05) is 11.6 Å². The minimum Gasteiger partial charge on any atom is -0.370 e. The van der Waals surface area contributed by atoms with Crippen molar-refractivity contribution < 1.29 is 4.79 Å². The first-order valence-corrected chi connectivity index (χ1v) is 5.81. The third kappa shape index (κ3) is 3.28. The first-order valence-electron chi connectivity index (χ1n) is 5.43. The molecular weight excluding hydrogens is 301 g/mol. The van der Waals surface area contributed by atoms with Gasteiger partial charge in [0, 0.05) is 5.02 Å². The number of carbonyl (C=O) groups is 1. The van der Waals surface area contributed by atoms with Crippen LogP contribution in [0.3, 0.4) is 0 Å². The second kappa shape index (κ2) is 6.40. The van der Waals surface area contributed by atoms with Gasteiger partial charge in [0.15, 0.2) is 5.96 Å². The van der Waals surface area contributed by atoms with Crippen LogP contribution in [0.5, 0.6) is 0 Å². The lowest BCUT2D eigenvalue weighted by atomic mass is 10.2. The zero-order valence-corrected chi connectivity index (χ0v) is 12.1. The highest BCUT2D eigenvalue weighted by Crippen LogP contribution is 2.17. The summed E-state index contributed by atoms with van der Waals surface area (Å²) in [5.74, 6) is -0.790. The Labute approximate surface area is 126 Å². The van der Waals surface area contributed by atoms with Crippen molar-refractivity contribution in [3.05, 3.63) is 46.7 Å². The molecule has 1 aromatic carbocycles. The maximum Gasteiger partial charge on any atom is 0.283 e. The van der Waals surface area contributed by atoms with Crippen LogP contribution >= 0.6 is 24.0 Å². The van der Waals surface area contributed by atoms with Gasteiger partial charge in [0.2, 0.25) is 0 Å². The van der Waals surface area contributed by atoms with E-state index in [0.29, 0.717) is 16.3 Å². The average Bonchev–Trinajstić information content (AvgIpc) is 2.71. The molecule has 0 unspecified atom stereocenters. The van der Waals surface area contributed by atoms with Crippen LogP contribution in [0.15, 0.2) is 35.5 Å². The smallest absolute Gasteiger partial charge is 0.283 e. The van der Waals surface area contributed by atoms with Gasteiger partial charge >= 0.3 is 0 Å². The first-order chi connectivity index (χ1) is 8.99. The number of benzene rings is 1. The molecule has 2 rings (SSSR count). The number of amides is 1. The van der Waals surface area contributed by atoms with E-state index < -0.39 is 5.91 Å². The van der Waals surface area contributed by atoms with Crippen LogP contribution in [-0.4, -0.2) is 21.6 Å². The summed E-state index contributed by atoms with van der Waals surface area (Å²) in [4.78, 5) is 15.2. The summed E-state index contributed by atoms with van der Waals surface area (Å²) in [6.07, 6.45) is 1.43. The number of aromatic nitrogens is 2. The third-order valence-corrected chi connectivity index (χ3v) is 2.79. The number of halogens is 2. The number of rotatable bonds is 2. The predicted molar refractivity (Wildman–Crippen MR) is 80.7 cm³/mol. The highest BCUT2D eigenvalue weighted by Gasteiger charge is 2.14. The minimum atomic E-state index is -0.516. The van der Waals surface area contributed by atoms with E-state index >= 15 is 0 Å². The number of nitrogens with zero attached hydrogens (tertiary/aromatic N) is 3. The topological polar surface area (TPSA) is 99.3 Å². The summed E-state index contributed by atoms with van der Waals surface area (Å²) in [6.45, 7) is 1.76. The van der Waals surface area contributed by atoms with Gasteiger partial charge in [-0.25, -0.2) is 4.68 Å². The van der Waals surface area contributed by atoms with Crippen molar-refractivity contribution in [2.45, 2.75) is 6.92 Å². The second-order valence-electron chi connectivity index (χ2n) is 3.87. The highest BCUT2D eigenvalue weighted by atomic mass is 35.5. The molecule has 8 heteroatoms. The molecular formula is C12H13Cl2N5O. The van der Waals surface area contributed by atoms with E-state index in [0.717, 1.165) is 5.69 Å². The van der Waals surface area contributed by atoms with Crippen molar-refractivity contribution >= 4 is 35.9 Å². The Morgan fingerprint density at radius 2 is 1.90 bits per heavy atom. The molecule has 0 fully saturated rings. The van der Waals surface area contributed by atoms with E-state index in [2.05, 4.69) is 10.1 Å². The van der Waals surface area contributed by atoms with Crippen LogP contribution in [0, 0.1) is 6.92 Å². The Morgan fingerprint density at radius 1 is 1.30 bits per heavy atom. The molecule has 0 aliphatic carbocycles. The largest absolute Gasteiger partial charge is 0.370 e. The Bertz CT molecular complexity index is 644. The summed E-state index contributed by atoms with van der Waals surface area (Å²) in [5.41, 5.74) is 12.2. The Kier molecular flexibility index (Phi) is 5.12. The molecule has 20 heavy (non-hydrogen) atoms. The molecule has 4 N–H and O–H groups in total. The number of aliphatic imine (C=N–C) groups is 1. The van der Waals surface area contributed by atoms with Crippen LogP contribution < -0.4 is 11.5 Å². The molecule has 0 aliphatic heterocycles. The average molecular weight is 314 g/mol. The highest BCUT2D eigenvalue weighted by molar-refractivity contribution is 6.30. The van der Waals surface area contributed by atoms with Crippen molar-refractivity contribution in [1.82, 2.24) is 9.78 Å². The molecule has 0 aliphatic rings. The summed E-state index contributed by atoms with van der Waals surface area (Å²) < 4.78 is 1.62. The van der Waals surface area contributed by atoms with E-state index in [1.807, 2.05) is 0 Å². The van der Waals surface area contributed by atoms with E-state index in [9.17, 15) is 4.79 Å². The molecule has 1 aromatic heterocycles. The number of nitrogens with two attached hydrogens (primary N) is 2. The molecule has 0 saturated carbocycles. The molecule has 0 atom stereocenters. The van der Waals surface area contributed by atoms with Crippen LogP contribution in [0.1, 0.15) is 16.1 Å². The lowest BCUT2D eigenvalue weighted by Gasteiger charge is -2.04. The standard InChI is InChI=1S/C12H12ClN5O.ClH/c1-7-10(11(19)17-12(14)15)6-16-18(7)9-4-2-8(13)3-5-9;/h2-6H,1H3,(H4,14,15,17,19);1H. The lowest BCUT2D eigenvalue weighted by Crippen LogP contribution is -2.24. The van der Waals surface area contributed by atoms with E-state index in [1.54, 1.807) is 35.9 Å². The van der Waals surface area contributed by atoms with Crippen LogP contribution in [-0.2, 0) is 0 Å². The SMILES string of the molecule is Cc1c(C(=O)N=C(N)N)cnn1-c1ccc(Cl)cc1.Cl. The summed E-state index contributed by atoms with van der Waals surface area (Å²) in [6, 6.07) is 7.10. The van der Waals surface area contributed by atoms with Crippen molar-refractivity contribution in [2.24, 2.45) is 16.5 Å². The Morgan fingerprint density at radius 3 is 2.45 bits per heavy atom. The Hall–Kier alpha value is -2.05. The first kappa shape index (κ1) is 16.0. The maximum atomic E-state index is 11.8. The van der Waals surface area contributed by atoms with Crippen LogP contribution in [0.4, 0.5) is 0 Å². The maximum absolute atomic E-state index is 11.8. The van der Waals surface area contributed by atoms with Crippen LogP contribution in [0.25, 0.3) is 5.69 Å². The number of guanidine groups is 1. The monoisotopic (exact) mass is 313 g/mol. The fraction of sp³-hybridized carbons (Fsp3) is 0.0833. The minimum absolute atomic E-state index is 0. The zero-order chi connectivity index (χ0) is 14.0. The summed E-state index contributed by atoms with van der Waals surface area (Å²) in [7, 11) is 0. The molecule has 1 heterocycles. The van der Waals surface area contributed by atoms with E-state index in [-0.39, 0.29) is 18.4 Å². The number of hydrogen-bond donors (Lipinski definition) is 2. The lowest BCUT2D eigenvalue weighted by molar-refractivity contribution is 0.100. The molecule has 2 aromatic rings. The number of hydrogen-bond acceptors (Lipinski definition) is 2. The van der Waals surface area contributed by atoms with Gasteiger partial charge in [-0.05, 0) is 31.2 Å². The Balaban J connectivity index is 0.00000200. The third-order valence-electron chi connectivity index (χ3n) is 2.54. The van der Waals surface area contributed by atoms with Gasteiger partial charge < -0.3 is 11.5 Å². The van der Waals surface area contributed by atoms with Gasteiger partial charge in [-0.15, -0.1) is 12.4 Å². The quantitative estimate of drug-likeness (QED) is 0.650. The van der Waals surface area contributed by atoms with Gasteiger partial charge in [0.1, 0.15) is 0 Å². The van der Waals surface area contributed by atoms with Crippen LogP contribution in [0.2, 0.25) is 5.02 Å². The van der Waals surface area contributed by atoms with E-state index in [4.69, 9.17) is 23.1 Å². The van der Waals surface area contributed by atoms with E-state index in [1.165, 1.54) is 6.20 Å². The molecule has 0 radical (unpaired) electrons. The summed E-state index contributed by atoms with van der Waals surface area (Å²) >= 11 is 5.82. The second-order valence-corrected chi connectivity index (χ2v) is 4.31. The molecule has 0 saturated heterocycles. The normalized spacial score (nSPS) is 9.70. The van der Waals surface area contributed by atoms with Crippen molar-refractivity contribution in [2.75, 3.05) is 0 Å². The number of carbonyl (C=O) groups excluding carboxylic acids is 1. The fourth-order valence-corrected chi connectivity index (χ4v) is 1.77. The van der Waals surface area contributed by atoms with Crippen molar-refractivity contribution in [3.8, 4) is 5.69 Å². The molecule has 0 spiro atoms. The molecule has 6 nitrogen and oxygen atoms in total. The predicted octanol–water partition coefficient (Wildman–Crippen LogP) is 1.67. The zero-order valence-electron chi connectivity index (χ0n) is 10.6. The van der Waals surface area contributed by atoms with Gasteiger partial charge in [-0.3, -0.25) is 4.79 Å². The molecule has 106 valence electrons. The summed E-state index contributed by atoms with van der Waals surface area (Å²) in [5, 5.41) is 4.78. The molecule has 1 amide bonds.